The van der Waals surface area contributed by atoms with Crippen LogP contribution in [0.5, 0.6) is 17.2 Å². The third kappa shape index (κ3) is 4.91. The number of para-hydroxylation sites is 1. The molecule has 6 heteroatoms. The highest BCUT2D eigenvalue weighted by molar-refractivity contribution is 5.77. The van der Waals surface area contributed by atoms with Crippen molar-refractivity contribution in [1.82, 2.24) is 5.32 Å². The number of amides is 1. The maximum atomic E-state index is 11.9. The van der Waals surface area contributed by atoms with Crippen LogP contribution in [-0.4, -0.2) is 31.3 Å². The minimum Gasteiger partial charge on any atom is -0.488 e. The maximum Gasteiger partial charge on any atom is 0.258 e. The summed E-state index contributed by atoms with van der Waals surface area (Å²) in [4.78, 5) is 11.9. The zero-order chi connectivity index (χ0) is 19.3. The maximum absolute atomic E-state index is 11.9. The summed E-state index contributed by atoms with van der Waals surface area (Å²) in [5.74, 6) is 1.79. The van der Waals surface area contributed by atoms with Crippen molar-refractivity contribution in [2.45, 2.75) is 25.9 Å². The molecule has 2 aromatic rings. The Labute approximate surface area is 158 Å². The standard InChI is InChI=1S/C21H22N2O4/c1-21(2)12-16-4-3-5-18(20(16)27-21)25-11-10-23-19(24)14-26-17-8-6-15(13-22)7-9-17/h3-9H,10-12,14H2,1-2H3,(H,23,24). The van der Waals surface area contributed by atoms with Gasteiger partial charge in [-0.05, 0) is 44.2 Å². The number of ether oxygens (including phenoxy) is 3. The van der Waals surface area contributed by atoms with Crippen molar-refractivity contribution in [2.24, 2.45) is 0 Å². The van der Waals surface area contributed by atoms with Crippen LogP contribution in [-0.2, 0) is 11.2 Å². The van der Waals surface area contributed by atoms with Crippen LogP contribution < -0.4 is 19.5 Å². The van der Waals surface area contributed by atoms with E-state index in [0.29, 0.717) is 30.2 Å². The molecule has 2 aromatic carbocycles. The number of nitrogens with zero attached hydrogens (tertiary/aromatic N) is 1. The molecule has 1 N–H and O–H groups in total. The first kappa shape index (κ1) is 18.6. The first-order valence-corrected chi connectivity index (χ1v) is 8.80. The molecule has 0 fully saturated rings. The first-order valence-electron chi connectivity index (χ1n) is 8.80. The molecule has 0 atom stereocenters. The summed E-state index contributed by atoms with van der Waals surface area (Å²) in [6.45, 7) is 4.70. The van der Waals surface area contributed by atoms with E-state index in [1.807, 2.05) is 38.1 Å². The number of hydrogen-bond donors (Lipinski definition) is 1. The largest absolute Gasteiger partial charge is 0.488 e. The van der Waals surface area contributed by atoms with E-state index in [1.54, 1.807) is 24.3 Å². The number of nitriles is 1. The predicted molar refractivity (Wildman–Crippen MR) is 100 cm³/mol. The smallest absolute Gasteiger partial charge is 0.258 e. The molecule has 1 aliphatic rings. The Morgan fingerprint density at radius 1 is 1.22 bits per heavy atom. The number of fused-ring (bicyclic) bond motifs is 1. The lowest BCUT2D eigenvalue weighted by atomic mass is 10.0. The Morgan fingerprint density at radius 3 is 2.74 bits per heavy atom. The summed E-state index contributed by atoms with van der Waals surface area (Å²) < 4.78 is 17.1. The van der Waals surface area contributed by atoms with Crippen molar-refractivity contribution in [1.29, 1.82) is 5.26 Å². The van der Waals surface area contributed by atoms with Gasteiger partial charge < -0.3 is 19.5 Å². The van der Waals surface area contributed by atoms with Gasteiger partial charge in [-0.2, -0.15) is 5.26 Å². The SMILES string of the molecule is CC1(C)Cc2cccc(OCCNC(=O)COc3ccc(C#N)cc3)c2O1. The molecule has 6 nitrogen and oxygen atoms in total. The van der Waals surface area contributed by atoms with E-state index in [0.717, 1.165) is 17.7 Å². The third-order valence-electron chi connectivity index (χ3n) is 4.09. The zero-order valence-electron chi connectivity index (χ0n) is 15.5. The van der Waals surface area contributed by atoms with E-state index in [2.05, 4.69) is 5.32 Å². The third-order valence-corrected chi connectivity index (χ3v) is 4.09. The zero-order valence-corrected chi connectivity index (χ0v) is 15.5. The Hall–Kier alpha value is -3.20. The van der Waals surface area contributed by atoms with Crippen LogP contribution in [0.2, 0.25) is 0 Å². The van der Waals surface area contributed by atoms with Gasteiger partial charge in [-0.3, -0.25) is 4.79 Å². The fourth-order valence-electron chi connectivity index (χ4n) is 2.88. The van der Waals surface area contributed by atoms with Crippen molar-refractivity contribution >= 4 is 5.91 Å². The van der Waals surface area contributed by atoms with Gasteiger partial charge in [0.15, 0.2) is 18.1 Å². The van der Waals surface area contributed by atoms with E-state index in [1.165, 1.54) is 0 Å². The van der Waals surface area contributed by atoms with E-state index >= 15 is 0 Å². The molecule has 1 amide bonds. The monoisotopic (exact) mass is 366 g/mol. The van der Waals surface area contributed by atoms with E-state index in [-0.39, 0.29) is 18.1 Å². The summed E-state index contributed by atoms with van der Waals surface area (Å²) in [6.07, 6.45) is 0.850. The molecule has 0 spiro atoms. The van der Waals surface area contributed by atoms with Gasteiger partial charge in [0.2, 0.25) is 0 Å². The lowest BCUT2D eigenvalue weighted by molar-refractivity contribution is -0.123. The lowest BCUT2D eigenvalue weighted by Crippen LogP contribution is -2.32. The fraction of sp³-hybridized carbons (Fsp3) is 0.333. The van der Waals surface area contributed by atoms with Crippen molar-refractivity contribution in [3.8, 4) is 23.3 Å². The van der Waals surface area contributed by atoms with Crippen molar-refractivity contribution < 1.29 is 19.0 Å². The number of nitrogens with one attached hydrogen (secondary N) is 1. The lowest BCUT2D eigenvalue weighted by Gasteiger charge is -2.18. The van der Waals surface area contributed by atoms with Crippen LogP contribution in [0.25, 0.3) is 0 Å². The Balaban J connectivity index is 1.40. The molecule has 1 heterocycles. The second kappa shape index (κ2) is 8.00. The Morgan fingerprint density at radius 2 is 2.00 bits per heavy atom. The molecule has 3 rings (SSSR count). The Bertz CT molecular complexity index is 853. The number of benzene rings is 2. The fourth-order valence-corrected chi connectivity index (χ4v) is 2.88. The highest BCUT2D eigenvalue weighted by Gasteiger charge is 2.32. The number of carbonyl (C=O) groups excluding carboxylic acids is 1. The minimum absolute atomic E-state index is 0.0933. The molecule has 0 saturated heterocycles. The van der Waals surface area contributed by atoms with Crippen molar-refractivity contribution in [3.05, 3.63) is 53.6 Å². The van der Waals surface area contributed by atoms with Crippen LogP contribution >= 0.6 is 0 Å². The molecule has 0 aromatic heterocycles. The van der Waals surface area contributed by atoms with Crippen molar-refractivity contribution in [3.63, 3.8) is 0 Å². The summed E-state index contributed by atoms with van der Waals surface area (Å²) in [7, 11) is 0. The molecule has 1 aliphatic heterocycles. The highest BCUT2D eigenvalue weighted by atomic mass is 16.5. The van der Waals surface area contributed by atoms with E-state index < -0.39 is 0 Å². The molecular formula is C21H22N2O4. The average Bonchev–Trinajstić information content (AvgIpc) is 2.98. The van der Waals surface area contributed by atoms with Gasteiger partial charge in [0.25, 0.3) is 5.91 Å². The van der Waals surface area contributed by atoms with Gasteiger partial charge in [0.1, 0.15) is 18.0 Å². The van der Waals surface area contributed by atoms with Crippen LogP contribution in [0.15, 0.2) is 42.5 Å². The summed E-state index contributed by atoms with van der Waals surface area (Å²) in [5, 5.41) is 11.5. The number of rotatable bonds is 7. The Kier molecular flexibility index (Phi) is 5.51. The van der Waals surface area contributed by atoms with E-state index in [9.17, 15) is 4.79 Å². The minimum atomic E-state index is -0.237. The molecule has 0 radical (unpaired) electrons. The van der Waals surface area contributed by atoms with Gasteiger partial charge in [0, 0.05) is 12.0 Å². The molecule has 140 valence electrons. The number of carbonyl (C=O) groups is 1. The molecule has 27 heavy (non-hydrogen) atoms. The molecular weight excluding hydrogens is 344 g/mol. The van der Waals surface area contributed by atoms with Gasteiger partial charge in [-0.25, -0.2) is 0 Å². The van der Waals surface area contributed by atoms with E-state index in [4.69, 9.17) is 19.5 Å². The molecule has 0 unspecified atom stereocenters. The molecule has 0 aliphatic carbocycles. The number of hydrogen-bond acceptors (Lipinski definition) is 5. The normalized spacial score (nSPS) is 13.8. The van der Waals surface area contributed by atoms with Gasteiger partial charge >= 0.3 is 0 Å². The summed E-state index contributed by atoms with van der Waals surface area (Å²) in [5.41, 5.74) is 1.46. The summed E-state index contributed by atoms with van der Waals surface area (Å²) >= 11 is 0. The molecule has 0 bridgehead atoms. The quantitative estimate of drug-likeness (QED) is 0.762. The van der Waals surface area contributed by atoms with Crippen LogP contribution in [0.3, 0.4) is 0 Å². The van der Waals surface area contributed by atoms with Crippen molar-refractivity contribution in [2.75, 3.05) is 19.8 Å². The second-order valence-corrected chi connectivity index (χ2v) is 6.91. The van der Waals surface area contributed by atoms with Crippen LogP contribution in [0.1, 0.15) is 25.0 Å². The topological polar surface area (TPSA) is 80.6 Å². The predicted octanol–water partition coefficient (Wildman–Crippen LogP) is 2.85. The summed E-state index contributed by atoms with van der Waals surface area (Å²) in [6, 6.07) is 14.5. The first-order chi connectivity index (χ1) is 13.0. The van der Waals surface area contributed by atoms with Gasteiger partial charge in [-0.15, -0.1) is 0 Å². The highest BCUT2D eigenvalue weighted by Crippen LogP contribution is 2.41. The van der Waals surface area contributed by atoms with Gasteiger partial charge in [0.05, 0.1) is 18.2 Å². The van der Waals surface area contributed by atoms with Gasteiger partial charge in [-0.1, -0.05) is 12.1 Å². The molecule has 0 saturated carbocycles. The average molecular weight is 366 g/mol. The van der Waals surface area contributed by atoms with Crippen LogP contribution in [0, 0.1) is 11.3 Å². The second-order valence-electron chi connectivity index (χ2n) is 6.91. The van der Waals surface area contributed by atoms with Crippen LogP contribution in [0.4, 0.5) is 0 Å².